The summed E-state index contributed by atoms with van der Waals surface area (Å²) in [5, 5.41) is 4.22. The second kappa shape index (κ2) is 5.42. The zero-order valence-corrected chi connectivity index (χ0v) is 11.1. The lowest BCUT2D eigenvalue weighted by atomic mass is 9.83. The van der Waals surface area contributed by atoms with E-state index in [4.69, 9.17) is 10.5 Å². The summed E-state index contributed by atoms with van der Waals surface area (Å²) < 4.78 is 6.64. The molecule has 1 aromatic rings. The molecule has 2 N–H and O–H groups in total. The molecule has 0 unspecified atom stereocenters. The highest BCUT2D eigenvalue weighted by Crippen LogP contribution is 2.37. The molecule has 1 fully saturated rings. The quantitative estimate of drug-likeness (QED) is 0.836. The molecule has 0 bridgehead atoms. The Bertz CT molecular complexity index is 434. The summed E-state index contributed by atoms with van der Waals surface area (Å²) in [7, 11) is 1.77. The Kier molecular flexibility index (Phi) is 3.89. The smallest absolute Gasteiger partial charge is 0.359 e. The van der Waals surface area contributed by atoms with Gasteiger partial charge in [-0.2, -0.15) is 5.10 Å². The first-order valence-corrected chi connectivity index (χ1v) is 6.64. The Morgan fingerprint density at radius 2 is 2.11 bits per heavy atom. The van der Waals surface area contributed by atoms with E-state index in [2.05, 4.69) is 5.10 Å². The van der Waals surface area contributed by atoms with E-state index in [0.29, 0.717) is 24.0 Å². The molecule has 1 aromatic heterocycles. The van der Waals surface area contributed by atoms with Gasteiger partial charge in [-0.1, -0.05) is 19.3 Å². The molecule has 0 spiro atoms. The number of rotatable bonds is 3. The van der Waals surface area contributed by atoms with E-state index in [-0.39, 0.29) is 5.97 Å². The van der Waals surface area contributed by atoms with Gasteiger partial charge in [-0.25, -0.2) is 4.79 Å². The van der Waals surface area contributed by atoms with Crippen LogP contribution in [0.5, 0.6) is 0 Å². The van der Waals surface area contributed by atoms with Crippen LogP contribution in [0.4, 0.5) is 5.82 Å². The van der Waals surface area contributed by atoms with Crippen LogP contribution in [0.25, 0.3) is 0 Å². The van der Waals surface area contributed by atoms with Gasteiger partial charge in [0.25, 0.3) is 0 Å². The Labute approximate surface area is 107 Å². The average molecular weight is 251 g/mol. The minimum absolute atomic E-state index is 0.354. The number of ether oxygens (including phenoxy) is 1. The van der Waals surface area contributed by atoms with Gasteiger partial charge in [0.2, 0.25) is 0 Å². The van der Waals surface area contributed by atoms with E-state index in [1.807, 2.05) is 0 Å². The molecule has 0 radical (unpaired) electrons. The lowest BCUT2D eigenvalue weighted by Gasteiger charge is -2.21. The summed E-state index contributed by atoms with van der Waals surface area (Å²) in [6, 6.07) is 0. The van der Waals surface area contributed by atoms with Gasteiger partial charge >= 0.3 is 5.97 Å². The molecule has 2 rings (SSSR count). The molecule has 1 aliphatic carbocycles. The molecule has 0 atom stereocenters. The summed E-state index contributed by atoms with van der Waals surface area (Å²) in [5.41, 5.74) is 7.37. The second-order valence-corrected chi connectivity index (χ2v) is 4.83. The van der Waals surface area contributed by atoms with Crippen molar-refractivity contribution >= 4 is 11.8 Å². The number of hydrogen-bond acceptors (Lipinski definition) is 4. The molecule has 1 saturated carbocycles. The van der Waals surface area contributed by atoms with Crippen LogP contribution in [0, 0.1) is 0 Å². The maximum atomic E-state index is 11.9. The third kappa shape index (κ3) is 2.35. The minimum atomic E-state index is -0.356. The van der Waals surface area contributed by atoms with Crippen molar-refractivity contribution < 1.29 is 9.53 Å². The number of carbonyl (C=O) groups excluding carboxylic acids is 1. The Balaban J connectivity index is 2.34. The topological polar surface area (TPSA) is 70.1 Å². The fourth-order valence-electron chi connectivity index (χ4n) is 2.70. The summed E-state index contributed by atoms with van der Waals surface area (Å²) >= 11 is 0. The predicted molar refractivity (Wildman–Crippen MR) is 69.4 cm³/mol. The zero-order valence-electron chi connectivity index (χ0n) is 11.1. The van der Waals surface area contributed by atoms with E-state index >= 15 is 0 Å². The van der Waals surface area contributed by atoms with Crippen LogP contribution < -0.4 is 5.73 Å². The van der Waals surface area contributed by atoms with Gasteiger partial charge < -0.3 is 10.5 Å². The van der Waals surface area contributed by atoms with Crippen LogP contribution in [0.1, 0.15) is 61.0 Å². The monoisotopic (exact) mass is 251 g/mol. The fraction of sp³-hybridized carbons (Fsp3) is 0.692. The van der Waals surface area contributed by atoms with Gasteiger partial charge in [0.1, 0.15) is 5.82 Å². The molecule has 0 amide bonds. The predicted octanol–water partition coefficient (Wildman–Crippen LogP) is 2.23. The van der Waals surface area contributed by atoms with E-state index in [9.17, 15) is 4.79 Å². The molecule has 100 valence electrons. The Hall–Kier alpha value is -1.52. The molecule has 0 saturated heterocycles. The average Bonchev–Trinajstić information content (AvgIpc) is 2.67. The first-order chi connectivity index (χ1) is 8.65. The highest BCUT2D eigenvalue weighted by Gasteiger charge is 2.28. The lowest BCUT2D eigenvalue weighted by Crippen LogP contribution is -2.13. The number of anilines is 1. The number of aromatic nitrogens is 2. The van der Waals surface area contributed by atoms with Crippen LogP contribution in [0.3, 0.4) is 0 Å². The third-order valence-electron chi connectivity index (χ3n) is 3.61. The number of carbonyl (C=O) groups is 1. The molecule has 1 heterocycles. The Morgan fingerprint density at radius 1 is 1.44 bits per heavy atom. The maximum absolute atomic E-state index is 11.9. The van der Waals surface area contributed by atoms with E-state index in [1.165, 1.54) is 19.3 Å². The minimum Gasteiger partial charge on any atom is -0.461 e. The number of nitrogens with two attached hydrogens (primary N) is 1. The summed E-state index contributed by atoms with van der Waals surface area (Å²) in [6.07, 6.45) is 5.83. The highest BCUT2D eigenvalue weighted by molar-refractivity contribution is 5.90. The lowest BCUT2D eigenvalue weighted by molar-refractivity contribution is 0.0516. The van der Waals surface area contributed by atoms with Gasteiger partial charge in [-0.15, -0.1) is 0 Å². The molecule has 1 aliphatic rings. The molecule has 0 aromatic carbocycles. The number of hydrogen-bond donors (Lipinski definition) is 1. The van der Waals surface area contributed by atoms with Crippen LogP contribution in [-0.2, 0) is 11.8 Å². The number of aryl methyl sites for hydroxylation is 1. The van der Waals surface area contributed by atoms with Gasteiger partial charge in [0, 0.05) is 12.6 Å². The van der Waals surface area contributed by atoms with Crippen LogP contribution in [0.15, 0.2) is 0 Å². The molecule has 5 nitrogen and oxygen atoms in total. The van der Waals surface area contributed by atoms with Gasteiger partial charge in [-0.3, -0.25) is 4.68 Å². The van der Waals surface area contributed by atoms with Crippen molar-refractivity contribution in [2.24, 2.45) is 7.05 Å². The van der Waals surface area contributed by atoms with Gasteiger partial charge in [-0.05, 0) is 25.7 Å². The first-order valence-electron chi connectivity index (χ1n) is 6.64. The van der Waals surface area contributed by atoms with Crippen molar-refractivity contribution in [2.45, 2.75) is 44.9 Å². The van der Waals surface area contributed by atoms with E-state index < -0.39 is 0 Å². The van der Waals surface area contributed by atoms with Crippen LogP contribution >= 0.6 is 0 Å². The van der Waals surface area contributed by atoms with Crippen molar-refractivity contribution in [3.63, 3.8) is 0 Å². The standard InChI is InChI=1S/C13H21N3O2/c1-3-18-13(17)11-10(12(14)16(2)15-11)9-7-5-4-6-8-9/h9H,3-8,14H2,1-2H3. The van der Waals surface area contributed by atoms with E-state index in [0.717, 1.165) is 18.4 Å². The van der Waals surface area contributed by atoms with Gasteiger partial charge in [0.05, 0.1) is 6.61 Å². The van der Waals surface area contributed by atoms with Crippen LogP contribution in [-0.4, -0.2) is 22.4 Å². The number of nitrogen functional groups attached to an aromatic ring is 1. The molecule has 18 heavy (non-hydrogen) atoms. The largest absolute Gasteiger partial charge is 0.461 e. The highest BCUT2D eigenvalue weighted by atomic mass is 16.5. The fourth-order valence-corrected chi connectivity index (χ4v) is 2.70. The molecule has 0 aliphatic heterocycles. The molecule has 5 heteroatoms. The summed E-state index contributed by atoms with van der Waals surface area (Å²) in [5.74, 6) is 0.599. The first kappa shape index (κ1) is 12.9. The van der Waals surface area contributed by atoms with Crippen molar-refractivity contribution in [1.82, 2.24) is 9.78 Å². The molecular formula is C13H21N3O2. The van der Waals surface area contributed by atoms with Crippen molar-refractivity contribution in [1.29, 1.82) is 0 Å². The summed E-state index contributed by atoms with van der Waals surface area (Å²) in [4.78, 5) is 11.9. The maximum Gasteiger partial charge on any atom is 0.359 e. The van der Waals surface area contributed by atoms with E-state index in [1.54, 1.807) is 18.7 Å². The zero-order chi connectivity index (χ0) is 13.1. The normalized spacial score (nSPS) is 16.8. The van der Waals surface area contributed by atoms with Crippen molar-refractivity contribution in [2.75, 3.05) is 12.3 Å². The van der Waals surface area contributed by atoms with Crippen LogP contribution in [0.2, 0.25) is 0 Å². The van der Waals surface area contributed by atoms with Crippen molar-refractivity contribution in [3.8, 4) is 0 Å². The Morgan fingerprint density at radius 3 is 2.72 bits per heavy atom. The third-order valence-corrected chi connectivity index (χ3v) is 3.61. The molecular weight excluding hydrogens is 230 g/mol. The number of esters is 1. The van der Waals surface area contributed by atoms with Crippen molar-refractivity contribution in [3.05, 3.63) is 11.3 Å². The number of nitrogens with zero attached hydrogens (tertiary/aromatic N) is 2. The SMILES string of the molecule is CCOC(=O)c1nn(C)c(N)c1C1CCCCC1. The summed E-state index contributed by atoms with van der Waals surface area (Å²) in [6.45, 7) is 2.16. The van der Waals surface area contributed by atoms with Gasteiger partial charge in [0.15, 0.2) is 5.69 Å². The second-order valence-electron chi connectivity index (χ2n) is 4.83.